The van der Waals surface area contributed by atoms with Gasteiger partial charge in [-0.25, -0.2) is 0 Å². The van der Waals surface area contributed by atoms with Crippen LogP contribution in [0.3, 0.4) is 0 Å². The minimum atomic E-state index is -1.05. The van der Waals surface area contributed by atoms with Gasteiger partial charge >= 0.3 is 0 Å². The number of primary amides is 1. The maximum atomic E-state index is 14.1. The lowest BCUT2D eigenvalue weighted by molar-refractivity contribution is -0.123. The van der Waals surface area contributed by atoms with Crippen LogP contribution in [0.1, 0.15) is 63.9 Å². The van der Waals surface area contributed by atoms with Crippen molar-refractivity contribution in [1.82, 2.24) is 9.69 Å². The van der Waals surface area contributed by atoms with Crippen LogP contribution in [-0.2, 0) is 4.79 Å². The van der Waals surface area contributed by atoms with Crippen molar-refractivity contribution in [1.29, 1.82) is 0 Å². The number of nitrogens with one attached hydrogen (secondary N) is 1. The minimum Gasteiger partial charge on any atom is -0.497 e. The van der Waals surface area contributed by atoms with Crippen molar-refractivity contribution < 1.29 is 23.9 Å². The average Bonchev–Trinajstić information content (AvgIpc) is 3.33. The summed E-state index contributed by atoms with van der Waals surface area (Å²) in [4.78, 5) is 41.2. The number of hydrogen-bond acceptors (Lipinski definition) is 8. The number of carbonyl (C=O) groups excluding carboxylic acids is 3. The number of methoxy groups -OCH3 is 2. The molecule has 2 aromatic carbocycles. The molecule has 1 heterocycles. The third-order valence-corrected chi connectivity index (χ3v) is 7.47. The van der Waals surface area contributed by atoms with Gasteiger partial charge in [-0.1, -0.05) is 31.4 Å². The second kappa shape index (κ2) is 12.0. The number of ether oxygens (including phenoxy) is 2. The van der Waals surface area contributed by atoms with Gasteiger partial charge in [0.05, 0.1) is 19.9 Å². The van der Waals surface area contributed by atoms with E-state index in [2.05, 4.69) is 9.69 Å². The Morgan fingerprint density at radius 1 is 0.974 bits per heavy atom. The number of hydrogen-bond donors (Lipinski definition) is 3. The van der Waals surface area contributed by atoms with Crippen LogP contribution in [0.25, 0.3) is 0 Å². The Morgan fingerprint density at radius 2 is 1.55 bits per heavy atom. The Labute approximate surface area is 225 Å². The SMILES string of the molecule is COc1ccc(C(C(=O)NC2CCCCC2)N(C(=O)c2snc(C(N)=O)c2N)c2ccc(OC)cc2)cc1. The molecule has 38 heavy (non-hydrogen) atoms. The van der Waals surface area contributed by atoms with Crippen LogP contribution < -0.4 is 31.2 Å². The number of benzene rings is 2. The Bertz CT molecular complexity index is 1290. The smallest absolute Gasteiger partial charge is 0.273 e. The number of aromatic nitrogens is 1. The van der Waals surface area contributed by atoms with Gasteiger partial charge in [-0.2, -0.15) is 4.37 Å². The molecule has 1 fully saturated rings. The molecule has 10 nitrogen and oxygen atoms in total. The molecular weight excluding hydrogens is 506 g/mol. The van der Waals surface area contributed by atoms with Crippen molar-refractivity contribution in [3.05, 3.63) is 64.7 Å². The van der Waals surface area contributed by atoms with Gasteiger partial charge in [0.25, 0.3) is 11.8 Å². The molecule has 0 bridgehead atoms. The van der Waals surface area contributed by atoms with Gasteiger partial charge < -0.3 is 26.3 Å². The van der Waals surface area contributed by atoms with Gasteiger partial charge in [-0.15, -0.1) is 0 Å². The number of amides is 3. The van der Waals surface area contributed by atoms with E-state index in [1.807, 2.05) is 0 Å². The zero-order chi connectivity index (χ0) is 27.2. The fourth-order valence-electron chi connectivity index (χ4n) is 4.60. The molecule has 0 spiro atoms. The van der Waals surface area contributed by atoms with Gasteiger partial charge in [-0.05, 0) is 66.3 Å². The third kappa shape index (κ3) is 5.72. The molecule has 0 radical (unpaired) electrons. The highest BCUT2D eigenvalue weighted by molar-refractivity contribution is 7.09. The molecule has 1 aliphatic carbocycles. The second-order valence-corrected chi connectivity index (χ2v) is 9.80. The Hall–Kier alpha value is -4.12. The molecule has 5 N–H and O–H groups in total. The summed E-state index contributed by atoms with van der Waals surface area (Å²) >= 11 is 0.766. The first kappa shape index (κ1) is 26.9. The summed E-state index contributed by atoms with van der Waals surface area (Å²) in [6.45, 7) is 0. The summed E-state index contributed by atoms with van der Waals surface area (Å²) in [5.41, 5.74) is 12.2. The summed E-state index contributed by atoms with van der Waals surface area (Å²) in [5.74, 6) is -0.556. The number of carbonyl (C=O) groups is 3. The highest BCUT2D eigenvalue weighted by Gasteiger charge is 2.37. The van der Waals surface area contributed by atoms with Crippen molar-refractivity contribution >= 4 is 40.6 Å². The van der Waals surface area contributed by atoms with Crippen molar-refractivity contribution in [2.45, 2.75) is 44.2 Å². The molecule has 11 heteroatoms. The van der Waals surface area contributed by atoms with Crippen LogP contribution in [-0.4, -0.2) is 42.4 Å². The van der Waals surface area contributed by atoms with E-state index < -0.39 is 17.9 Å². The van der Waals surface area contributed by atoms with E-state index >= 15 is 0 Å². The van der Waals surface area contributed by atoms with E-state index in [0.717, 1.165) is 43.6 Å². The molecule has 0 saturated heterocycles. The summed E-state index contributed by atoms with van der Waals surface area (Å²) in [6, 6.07) is 12.7. The molecular formula is C27H31N5O5S. The summed E-state index contributed by atoms with van der Waals surface area (Å²) in [5, 5.41) is 3.16. The standard InChI is InChI=1S/C27H31N5O5S/c1-36-19-12-8-16(9-13-19)23(26(34)30-17-6-4-3-5-7-17)32(18-10-14-20(37-2)15-11-18)27(35)24-21(28)22(25(29)33)31-38-24/h8-15,17,23H,3-7,28H2,1-2H3,(H2,29,33)(H,30,34). The summed E-state index contributed by atoms with van der Waals surface area (Å²) < 4.78 is 14.6. The molecule has 200 valence electrons. The minimum absolute atomic E-state index is 0.0126. The van der Waals surface area contributed by atoms with E-state index in [4.69, 9.17) is 20.9 Å². The van der Waals surface area contributed by atoms with Crippen LogP contribution in [0, 0.1) is 0 Å². The van der Waals surface area contributed by atoms with E-state index in [-0.39, 0.29) is 28.2 Å². The fourth-order valence-corrected chi connectivity index (χ4v) is 5.34. The predicted molar refractivity (Wildman–Crippen MR) is 146 cm³/mol. The molecule has 3 amide bonds. The van der Waals surface area contributed by atoms with E-state index in [9.17, 15) is 14.4 Å². The number of rotatable bonds is 9. The van der Waals surface area contributed by atoms with Crippen molar-refractivity contribution in [2.24, 2.45) is 5.73 Å². The first-order valence-corrected chi connectivity index (χ1v) is 13.1. The third-order valence-electron chi connectivity index (χ3n) is 6.61. The van der Waals surface area contributed by atoms with Gasteiger partial charge in [0.2, 0.25) is 5.91 Å². The normalized spacial score (nSPS) is 14.4. The topological polar surface area (TPSA) is 150 Å². The van der Waals surface area contributed by atoms with Gasteiger partial charge in [0.1, 0.15) is 22.4 Å². The van der Waals surface area contributed by atoms with E-state index in [1.54, 1.807) is 62.8 Å². The largest absolute Gasteiger partial charge is 0.497 e. The lowest BCUT2D eigenvalue weighted by atomic mass is 9.94. The van der Waals surface area contributed by atoms with Crippen molar-refractivity contribution in [2.75, 3.05) is 24.9 Å². The second-order valence-electron chi connectivity index (χ2n) is 9.03. The van der Waals surface area contributed by atoms with Crippen LogP contribution >= 0.6 is 11.5 Å². The zero-order valence-electron chi connectivity index (χ0n) is 21.3. The molecule has 1 aromatic heterocycles. The van der Waals surface area contributed by atoms with Crippen LogP contribution in [0.15, 0.2) is 48.5 Å². The van der Waals surface area contributed by atoms with Gasteiger partial charge in [0, 0.05) is 11.7 Å². The Kier molecular flexibility index (Phi) is 8.47. The number of nitrogen functional groups attached to an aromatic ring is 1. The Balaban J connectivity index is 1.83. The number of nitrogens with zero attached hydrogens (tertiary/aromatic N) is 2. The molecule has 0 aliphatic heterocycles. The molecule has 1 unspecified atom stereocenters. The van der Waals surface area contributed by atoms with Crippen LogP contribution in [0.4, 0.5) is 11.4 Å². The highest BCUT2D eigenvalue weighted by atomic mass is 32.1. The lowest BCUT2D eigenvalue weighted by Gasteiger charge is -2.33. The van der Waals surface area contributed by atoms with E-state index in [1.165, 1.54) is 4.90 Å². The molecule has 1 saturated carbocycles. The summed E-state index contributed by atoms with van der Waals surface area (Å²) in [7, 11) is 3.09. The molecule has 1 aliphatic rings. The number of nitrogens with two attached hydrogens (primary N) is 2. The van der Waals surface area contributed by atoms with Gasteiger partial charge in [-0.3, -0.25) is 19.3 Å². The summed E-state index contributed by atoms with van der Waals surface area (Å²) in [6.07, 6.45) is 4.96. The van der Waals surface area contributed by atoms with Crippen molar-refractivity contribution in [3.63, 3.8) is 0 Å². The van der Waals surface area contributed by atoms with Crippen LogP contribution in [0.5, 0.6) is 11.5 Å². The lowest BCUT2D eigenvalue weighted by Crippen LogP contribution is -2.47. The predicted octanol–water partition coefficient (Wildman–Crippen LogP) is 3.68. The number of anilines is 2. The zero-order valence-corrected chi connectivity index (χ0v) is 22.1. The van der Waals surface area contributed by atoms with Crippen LogP contribution in [0.2, 0.25) is 0 Å². The quantitative estimate of drug-likeness (QED) is 0.377. The first-order valence-electron chi connectivity index (χ1n) is 12.3. The highest BCUT2D eigenvalue weighted by Crippen LogP contribution is 2.35. The molecule has 1 atom stereocenters. The maximum absolute atomic E-state index is 14.1. The average molecular weight is 538 g/mol. The molecule has 3 aromatic rings. The van der Waals surface area contributed by atoms with Crippen molar-refractivity contribution in [3.8, 4) is 11.5 Å². The first-order chi connectivity index (χ1) is 18.3. The molecule has 4 rings (SSSR count). The van der Waals surface area contributed by atoms with E-state index in [0.29, 0.717) is 22.7 Å². The monoisotopic (exact) mass is 537 g/mol. The Morgan fingerprint density at radius 3 is 2.08 bits per heavy atom. The van der Waals surface area contributed by atoms with Gasteiger partial charge in [0.15, 0.2) is 5.69 Å². The maximum Gasteiger partial charge on any atom is 0.273 e. The fraction of sp³-hybridized carbons (Fsp3) is 0.333.